The van der Waals surface area contributed by atoms with Gasteiger partial charge in [-0.1, -0.05) is 6.08 Å². The second-order valence-corrected chi connectivity index (χ2v) is 3.44. The number of carbonyl (C=O) groups is 1. The van der Waals surface area contributed by atoms with Crippen molar-refractivity contribution in [1.29, 1.82) is 0 Å². The van der Waals surface area contributed by atoms with E-state index in [9.17, 15) is 4.79 Å². The Morgan fingerprint density at radius 2 is 2.00 bits per heavy atom. The van der Waals surface area contributed by atoms with Gasteiger partial charge in [-0.25, -0.2) is 4.79 Å². The van der Waals surface area contributed by atoms with Crippen LogP contribution in [0.1, 0.15) is 33.1 Å². The van der Waals surface area contributed by atoms with Gasteiger partial charge in [-0.2, -0.15) is 0 Å². The molecule has 1 aliphatic heterocycles. The molecule has 0 radical (unpaired) electrons. The first kappa shape index (κ1) is 11.1. The van der Waals surface area contributed by atoms with Gasteiger partial charge in [0.1, 0.15) is 5.70 Å². The van der Waals surface area contributed by atoms with Crippen LogP contribution in [0, 0.1) is 0 Å². The summed E-state index contributed by atoms with van der Waals surface area (Å²) in [5, 5.41) is 0. The lowest BCUT2D eigenvalue weighted by molar-refractivity contribution is -0.140. The minimum Gasteiger partial charge on any atom is -0.461 e. The van der Waals surface area contributed by atoms with Gasteiger partial charge in [0, 0.05) is 13.1 Å². The van der Waals surface area contributed by atoms with Crippen molar-refractivity contribution in [1.82, 2.24) is 4.90 Å². The van der Waals surface area contributed by atoms with Gasteiger partial charge in [0.25, 0.3) is 0 Å². The normalized spacial score (nSPS) is 18.1. The molecule has 0 N–H and O–H groups in total. The molecule has 14 heavy (non-hydrogen) atoms. The lowest BCUT2D eigenvalue weighted by Gasteiger charge is -2.29. The maximum absolute atomic E-state index is 11.5. The molecule has 0 aromatic rings. The molecule has 1 fully saturated rings. The van der Waals surface area contributed by atoms with E-state index in [-0.39, 0.29) is 5.97 Å². The van der Waals surface area contributed by atoms with Crippen LogP contribution in [-0.4, -0.2) is 30.6 Å². The van der Waals surface area contributed by atoms with E-state index in [4.69, 9.17) is 4.74 Å². The van der Waals surface area contributed by atoms with Gasteiger partial charge in [0.2, 0.25) is 0 Å². The number of hydrogen-bond acceptors (Lipinski definition) is 3. The molecule has 0 spiro atoms. The molecule has 1 rings (SSSR count). The highest BCUT2D eigenvalue weighted by Crippen LogP contribution is 2.15. The molecule has 80 valence electrons. The van der Waals surface area contributed by atoms with E-state index in [0.717, 1.165) is 18.8 Å². The average Bonchev–Trinajstić information content (AvgIpc) is 2.21. The summed E-state index contributed by atoms with van der Waals surface area (Å²) in [6, 6.07) is 0. The molecule has 3 heteroatoms. The minimum absolute atomic E-state index is 0.183. The maximum atomic E-state index is 11.5. The zero-order valence-corrected chi connectivity index (χ0v) is 9.08. The molecule has 0 amide bonds. The van der Waals surface area contributed by atoms with Crippen molar-refractivity contribution in [3.8, 4) is 0 Å². The molecule has 0 unspecified atom stereocenters. The summed E-state index contributed by atoms with van der Waals surface area (Å²) in [7, 11) is 0. The first-order chi connectivity index (χ1) is 6.79. The highest BCUT2D eigenvalue weighted by Gasteiger charge is 2.19. The summed E-state index contributed by atoms with van der Waals surface area (Å²) in [5.74, 6) is -0.183. The third kappa shape index (κ3) is 2.76. The number of ether oxygens (including phenoxy) is 1. The fourth-order valence-electron chi connectivity index (χ4n) is 1.77. The summed E-state index contributed by atoms with van der Waals surface area (Å²) in [5.41, 5.74) is 0.728. The Hall–Kier alpha value is -0.990. The molecule has 1 saturated heterocycles. The molecule has 1 heterocycles. The molecular formula is C11H19NO2. The SMILES string of the molecule is C/C=C(/C(=O)OCC)N1CCCCC1. The molecule has 0 aromatic carbocycles. The van der Waals surface area contributed by atoms with Crippen LogP contribution in [0.3, 0.4) is 0 Å². The van der Waals surface area contributed by atoms with Crippen LogP contribution in [0.2, 0.25) is 0 Å². The molecular weight excluding hydrogens is 178 g/mol. The Labute approximate surface area is 85.7 Å². The number of piperidine rings is 1. The van der Waals surface area contributed by atoms with Gasteiger partial charge in [0.15, 0.2) is 0 Å². The standard InChI is InChI=1S/C11H19NO2/c1-3-10(11(13)14-4-2)12-8-6-5-7-9-12/h3H,4-9H2,1-2H3/b10-3-. The zero-order valence-electron chi connectivity index (χ0n) is 9.08. The minimum atomic E-state index is -0.183. The number of likely N-dealkylation sites (tertiary alicyclic amines) is 1. The summed E-state index contributed by atoms with van der Waals surface area (Å²) in [6.45, 7) is 6.14. The molecule has 0 aromatic heterocycles. The van der Waals surface area contributed by atoms with Crippen molar-refractivity contribution in [2.75, 3.05) is 19.7 Å². The van der Waals surface area contributed by atoms with Gasteiger partial charge < -0.3 is 9.64 Å². The Bertz CT molecular complexity index is 217. The number of hydrogen-bond donors (Lipinski definition) is 0. The highest BCUT2D eigenvalue weighted by molar-refractivity contribution is 5.87. The predicted molar refractivity (Wildman–Crippen MR) is 55.8 cm³/mol. The first-order valence-electron chi connectivity index (χ1n) is 5.38. The fraction of sp³-hybridized carbons (Fsp3) is 0.727. The smallest absolute Gasteiger partial charge is 0.354 e. The molecule has 0 aliphatic carbocycles. The Morgan fingerprint density at radius 1 is 1.36 bits per heavy atom. The molecule has 3 nitrogen and oxygen atoms in total. The van der Waals surface area contributed by atoms with Crippen molar-refractivity contribution < 1.29 is 9.53 Å². The molecule has 0 atom stereocenters. The van der Waals surface area contributed by atoms with E-state index >= 15 is 0 Å². The van der Waals surface area contributed by atoms with Crippen LogP contribution in [0.5, 0.6) is 0 Å². The van der Waals surface area contributed by atoms with Crippen LogP contribution in [0.15, 0.2) is 11.8 Å². The van der Waals surface area contributed by atoms with Crippen LogP contribution in [0.25, 0.3) is 0 Å². The van der Waals surface area contributed by atoms with Gasteiger partial charge in [-0.05, 0) is 33.1 Å². The fourth-order valence-corrected chi connectivity index (χ4v) is 1.77. The highest BCUT2D eigenvalue weighted by atomic mass is 16.5. The third-order valence-electron chi connectivity index (χ3n) is 2.45. The third-order valence-corrected chi connectivity index (χ3v) is 2.45. The van der Waals surface area contributed by atoms with E-state index in [1.807, 2.05) is 19.9 Å². The largest absolute Gasteiger partial charge is 0.461 e. The van der Waals surface area contributed by atoms with Crippen molar-refractivity contribution in [3.63, 3.8) is 0 Å². The topological polar surface area (TPSA) is 29.5 Å². The van der Waals surface area contributed by atoms with Crippen LogP contribution in [-0.2, 0) is 9.53 Å². The Morgan fingerprint density at radius 3 is 2.50 bits per heavy atom. The number of carbonyl (C=O) groups excluding carboxylic acids is 1. The second-order valence-electron chi connectivity index (χ2n) is 3.44. The van der Waals surface area contributed by atoms with Crippen LogP contribution >= 0.6 is 0 Å². The lowest BCUT2D eigenvalue weighted by Crippen LogP contribution is -2.33. The quantitative estimate of drug-likeness (QED) is 0.511. The number of nitrogens with zero attached hydrogens (tertiary/aromatic N) is 1. The maximum Gasteiger partial charge on any atom is 0.354 e. The zero-order chi connectivity index (χ0) is 10.4. The number of allylic oxidation sites excluding steroid dienone is 1. The molecule has 1 aliphatic rings. The number of rotatable bonds is 3. The van der Waals surface area contributed by atoms with Gasteiger partial charge >= 0.3 is 5.97 Å². The van der Waals surface area contributed by atoms with E-state index in [1.54, 1.807) is 0 Å². The van der Waals surface area contributed by atoms with E-state index in [1.165, 1.54) is 19.3 Å². The Balaban J connectivity index is 2.56. The second kappa shape index (κ2) is 5.68. The van der Waals surface area contributed by atoms with E-state index in [0.29, 0.717) is 6.61 Å². The lowest BCUT2D eigenvalue weighted by atomic mass is 10.1. The van der Waals surface area contributed by atoms with Gasteiger partial charge in [0.05, 0.1) is 6.61 Å². The van der Waals surface area contributed by atoms with Crippen LogP contribution < -0.4 is 0 Å². The van der Waals surface area contributed by atoms with Crippen molar-refractivity contribution in [2.45, 2.75) is 33.1 Å². The molecule has 0 saturated carbocycles. The van der Waals surface area contributed by atoms with Crippen molar-refractivity contribution in [3.05, 3.63) is 11.8 Å². The molecule has 0 bridgehead atoms. The van der Waals surface area contributed by atoms with Gasteiger partial charge in [-0.15, -0.1) is 0 Å². The first-order valence-corrected chi connectivity index (χ1v) is 5.38. The average molecular weight is 197 g/mol. The summed E-state index contributed by atoms with van der Waals surface area (Å²) >= 11 is 0. The predicted octanol–water partition coefficient (Wildman–Crippen LogP) is 1.94. The van der Waals surface area contributed by atoms with Crippen molar-refractivity contribution in [2.24, 2.45) is 0 Å². The Kier molecular flexibility index (Phi) is 4.50. The van der Waals surface area contributed by atoms with Gasteiger partial charge in [-0.3, -0.25) is 0 Å². The summed E-state index contributed by atoms with van der Waals surface area (Å²) in [4.78, 5) is 13.7. The van der Waals surface area contributed by atoms with Crippen molar-refractivity contribution >= 4 is 5.97 Å². The monoisotopic (exact) mass is 197 g/mol. The number of esters is 1. The van der Waals surface area contributed by atoms with Crippen LogP contribution in [0.4, 0.5) is 0 Å². The van der Waals surface area contributed by atoms with E-state index in [2.05, 4.69) is 4.90 Å². The summed E-state index contributed by atoms with van der Waals surface area (Å²) < 4.78 is 5.00. The van der Waals surface area contributed by atoms with E-state index < -0.39 is 0 Å². The summed E-state index contributed by atoms with van der Waals surface area (Å²) in [6.07, 6.45) is 5.48.